The number of aromatic nitrogens is 6. The van der Waals surface area contributed by atoms with Gasteiger partial charge in [0, 0.05) is 52.5 Å². The van der Waals surface area contributed by atoms with Crippen molar-refractivity contribution in [1.29, 1.82) is 10.5 Å². The second-order valence-electron chi connectivity index (χ2n) is 25.9. The summed E-state index contributed by atoms with van der Waals surface area (Å²) >= 11 is 0. The number of benzene rings is 4. The van der Waals surface area contributed by atoms with Crippen molar-refractivity contribution in [2.75, 3.05) is 27.4 Å². The Morgan fingerprint density at radius 3 is 1.33 bits per heavy atom. The van der Waals surface area contributed by atoms with Crippen LogP contribution >= 0.6 is 0 Å². The van der Waals surface area contributed by atoms with Crippen LogP contribution in [0.25, 0.3) is 43.9 Å². The lowest BCUT2D eigenvalue weighted by Crippen LogP contribution is -2.46. The van der Waals surface area contributed by atoms with E-state index in [0.717, 1.165) is 25.8 Å². The van der Waals surface area contributed by atoms with E-state index in [-0.39, 0.29) is 86.6 Å². The van der Waals surface area contributed by atoms with Crippen LogP contribution in [0.3, 0.4) is 0 Å². The zero-order chi connectivity index (χ0) is 65.7. The molecule has 88 heavy (non-hydrogen) atoms. The van der Waals surface area contributed by atoms with Crippen molar-refractivity contribution in [3.8, 4) is 23.6 Å². The maximum Gasteiger partial charge on any atom is 0.429 e. The van der Waals surface area contributed by atoms with E-state index in [9.17, 15) is 30.3 Å². The third kappa shape index (κ3) is 13.8. The van der Waals surface area contributed by atoms with Crippen LogP contribution < -0.4 is 9.47 Å². The minimum atomic E-state index is -5.33. The molecule has 0 radical (unpaired) electrons. The topological polar surface area (TPSA) is 223 Å². The standard InChI is InChI=1S/2C31H37F3N4O5Si/c1-19-15-24(41-5)25(21-11-12-37(26(19)21)28(39)43-29(2,3)4)30(40,31(32,33)34)27-36-22-16-20(17-35)9-10-23(22)38(27)18-42-13-14-44(6,7)8;1-19-15-24(41-5)25(21-11-12-37(26(19)21)28(39)43-29(2,3)4)30(40,31(32,33)34)27-36-22-10-9-20(17-35)16-23(22)38(27)18-42-13-14-44(6,7)8/h2*9-12,15-16,40H,13-14,18H2,1-8H3. The van der Waals surface area contributed by atoms with Gasteiger partial charge in [0.25, 0.3) is 0 Å². The fraction of sp³-hybridized carbons (Fsp3) is 0.452. The second kappa shape index (κ2) is 24.7. The molecule has 0 aliphatic rings. The molecule has 8 aromatic rings. The number of aryl methyl sites for hydroxylation is 2. The largest absolute Gasteiger partial charge is 0.496 e. The Kier molecular flexibility index (Phi) is 19.0. The molecule has 472 valence electrons. The lowest BCUT2D eigenvalue weighted by Gasteiger charge is -2.33. The summed E-state index contributed by atoms with van der Waals surface area (Å²) in [4.78, 5) is 34.7. The molecule has 2 N–H and O–H groups in total. The molecule has 4 aromatic carbocycles. The first-order chi connectivity index (χ1) is 40.6. The molecule has 26 heteroatoms. The number of nitriles is 2. The van der Waals surface area contributed by atoms with E-state index in [1.807, 2.05) is 12.1 Å². The summed E-state index contributed by atoms with van der Waals surface area (Å²) in [5.74, 6) is -2.05. The van der Waals surface area contributed by atoms with Crippen LogP contribution in [0, 0.1) is 36.5 Å². The van der Waals surface area contributed by atoms with Crippen LogP contribution in [-0.2, 0) is 43.6 Å². The van der Waals surface area contributed by atoms with Gasteiger partial charge in [-0.25, -0.2) is 19.6 Å². The van der Waals surface area contributed by atoms with Crippen molar-refractivity contribution < 1.29 is 74.6 Å². The molecule has 0 aliphatic carbocycles. The van der Waals surface area contributed by atoms with Crippen LogP contribution in [0.15, 0.2) is 73.1 Å². The summed E-state index contributed by atoms with van der Waals surface area (Å²) in [6.45, 7) is 26.1. The van der Waals surface area contributed by atoms with Gasteiger partial charge in [-0.3, -0.25) is 9.13 Å². The molecule has 0 saturated carbocycles. The highest BCUT2D eigenvalue weighted by atomic mass is 28.3. The third-order valence-corrected chi connectivity index (χ3v) is 17.7. The minimum Gasteiger partial charge on any atom is -0.496 e. The van der Waals surface area contributed by atoms with Gasteiger partial charge in [0.05, 0.1) is 81.7 Å². The van der Waals surface area contributed by atoms with Crippen molar-refractivity contribution in [2.24, 2.45) is 0 Å². The first-order valence-corrected chi connectivity index (χ1v) is 35.5. The smallest absolute Gasteiger partial charge is 0.429 e. The van der Waals surface area contributed by atoms with Crippen molar-refractivity contribution in [3.63, 3.8) is 0 Å². The van der Waals surface area contributed by atoms with E-state index >= 15 is 26.3 Å². The number of halogens is 6. The Morgan fingerprint density at radius 2 is 0.955 bits per heavy atom. The zero-order valence-corrected chi connectivity index (χ0v) is 54.2. The second-order valence-corrected chi connectivity index (χ2v) is 37.1. The molecule has 2 unspecified atom stereocenters. The number of carbonyl (C=O) groups is 2. The summed E-state index contributed by atoms with van der Waals surface area (Å²) in [7, 11) is -0.647. The Hall–Kier alpha value is -7.73. The maximum absolute atomic E-state index is 15.5. The number of imidazole rings is 2. The van der Waals surface area contributed by atoms with Gasteiger partial charge < -0.3 is 47.8 Å². The first kappa shape index (κ1) is 67.8. The van der Waals surface area contributed by atoms with E-state index in [2.05, 4.69) is 49.3 Å². The Bertz CT molecular complexity index is 3890. The summed E-state index contributed by atoms with van der Waals surface area (Å²) in [6.07, 6.45) is -9.65. The average molecular weight is 1260 g/mol. The normalized spacial score (nSPS) is 14.1. The number of ether oxygens (including phenoxy) is 6. The van der Waals surface area contributed by atoms with E-state index in [0.29, 0.717) is 17.7 Å². The number of nitrogens with zero attached hydrogens (tertiary/aromatic N) is 8. The molecule has 8 rings (SSSR count). The van der Waals surface area contributed by atoms with Gasteiger partial charge >= 0.3 is 24.5 Å². The van der Waals surface area contributed by atoms with E-state index in [1.54, 1.807) is 55.4 Å². The molecule has 0 saturated heterocycles. The SMILES string of the molecule is COc1cc(C)c2c(ccn2C(=O)OC(C)(C)C)c1C(O)(c1nc2cc(C#N)ccc2n1COCC[Si](C)(C)C)C(F)(F)F.COc1cc(C)c2c(ccn2C(=O)OC(C)(C)C)c1C(O)(c1nc2ccc(C#N)cc2n1COCC[Si](C)(C)C)C(F)(F)F. The van der Waals surface area contributed by atoms with Crippen LogP contribution in [0.5, 0.6) is 11.5 Å². The van der Waals surface area contributed by atoms with Crippen molar-refractivity contribution in [3.05, 3.63) is 118 Å². The minimum absolute atomic E-state index is 0.0733. The molecule has 4 heterocycles. The molecule has 0 spiro atoms. The number of methoxy groups -OCH3 is 2. The predicted molar refractivity (Wildman–Crippen MR) is 325 cm³/mol. The van der Waals surface area contributed by atoms with E-state index in [1.165, 1.54) is 91.8 Å². The third-order valence-electron chi connectivity index (χ3n) is 14.2. The van der Waals surface area contributed by atoms with Crippen LogP contribution in [0.2, 0.25) is 51.4 Å². The summed E-state index contributed by atoms with van der Waals surface area (Å²) < 4.78 is 131. The molecular formula is C62H74F6N8O10Si2. The van der Waals surface area contributed by atoms with E-state index in [4.69, 9.17) is 28.4 Å². The molecule has 4 aromatic heterocycles. The Balaban J connectivity index is 0.000000251. The number of hydrogen-bond donors (Lipinski definition) is 2. The molecule has 2 atom stereocenters. The molecule has 0 bridgehead atoms. The molecule has 0 amide bonds. The van der Waals surface area contributed by atoms with E-state index < -0.39 is 85.9 Å². The number of fused-ring (bicyclic) bond motifs is 4. The first-order valence-electron chi connectivity index (χ1n) is 28.0. The molecule has 18 nitrogen and oxygen atoms in total. The van der Waals surface area contributed by atoms with Crippen LogP contribution in [0.4, 0.5) is 35.9 Å². The number of alkyl halides is 6. The maximum atomic E-state index is 15.5. The highest BCUT2D eigenvalue weighted by Gasteiger charge is 2.63. The molecular weight excluding hydrogens is 1190 g/mol. The summed E-state index contributed by atoms with van der Waals surface area (Å²) in [6, 6.07) is 19.3. The highest BCUT2D eigenvalue weighted by molar-refractivity contribution is 6.76. The van der Waals surface area contributed by atoms with Gasteiger partial charge in [0.2, 0.25) is 11.2 Å². The lowest BCUT2D eigenvalue weighted by molar-refractivity contribution is -0.252. The number of rotatable bonds is 16. The molecule has 0 fully saturated rings. The lowest BCUT2D eigenvalue weighted by atomic mass is 9.87. The monoisotopic (exact) mass is 1260 g/mol. The zero-order valence-electron chi connectivity index (χ0n) is 52.2. The van der Waals surface area contributed by atoms with Gasteiger partial charge in [0.15, 0.2) is 11.6 Å². The predicted octanol–water partition coefficient (Wildman–Crippen LogP) is 14.1. The van der Waals surface area contributed by atoms with Crippen molar-refractivity contribution >= 4 is 72.2 Å². The Labute approximate surface area is 507 Å². The number of carbonyl (C=O) groups excluding carboxylic acids is 2. The quantitative estimate of drug-likeness (QED) is 0.0522. The fourth-order valence-electron chi connectivity index (χ4n) is 10.0. The van der Waals surface area contributed by atoms with Gasteiger partial charge in [-0.15, -0.1) is 0 Å². The van der Waals surface area contributed by atoms with Gasteiger partial charge in [-0.2, -0.15) is 36.9 Å². The van der Waals surface area contributed by atoms with Crippen molar-refractivity contribution in [1.82, 2.24) is 28.2 Å². The van der Waals surface area contributed by atoms with Gasteiger partial charge in [-0.1, -0.05) is 39.3 Å². The number of aliphatic hydroxyl groups is 2. The fourth-order valence-corrected chi connectivity index (χ4v) is 11.6. The van der Waals surface area contributed by atoms with Gasteiger partial charge in [0.1, 0.15) is 36.2 Å². The number of hydrogen-bond acceptors (Lipinski definition) is 14. The van der Waals surface area contributed by atoms with Crippen LogP contribution in [-0.4, -0.2) is 118 Å². The van der Waals surface area contributed by atoms with Crippen molar-refractivity contribution in [2.45, 2.75) is 155 Å². The van der Waals surface area contributed by atoms with Crippen LogP contribution in [0.1, 0.15) is 86.6 Å². The Morgan fingerprint density at radius 1 is 0.568 bits per heavy atom. The highest BCUT2D eigenvalue weighted by Crippen LogP contribution is 2.53. The van der Waals surface area contributed by atoms with Gasteiger partial charge in [-0.05, 0) is 139 Å². The average Bonchev–Trinajstić information content (AvgIpc) is 1.75. The summed E-state index contributed by atoms with van der Waals surface area (Å²) in [5.41, 5.74) is -8.43. The summed E-state index contributed by atoms with van der Waals surface area (Å²) in [5, 5.41) is 43.0. The molecule has 0 aliphatic heterocycles.